The molecule has 2 bridgehead atoms. The molecule has 3 fully saturated rings. The number of methoxy groups -OCH3 is 1. The molecule has 4 aliphatic heterocycles. The Morgan fingerprint density at radius 2 is 2.00 bits per heavy atom. The number of halogens is 1. The molecule has 2 aromatic rings. The van der Waals surface area contributed by atoms with Crippen molar-refractivity contribution in [2.75, 3.05) is 90.9 Å². The van der Waals surface area contributed by atoms with Crippen molar-refractivity contribution < 1.29 is 32.2 Å². The molecule has 2 aliphatic carbocycles. The van der Waals surface area contributed by atoms with Crippen molar-refractivity contribution in [1.29, 1.82) is 0 Å². The number of morpholine rings is 1. The molecule has 57 heavy (non-hydrogen) atoms. The lowest BCUT2D eigenvalue weighted by atomic mass is 9.63. The minimum atomic E-state index is -4.12. The first kappa shape index (κ1) is 41.0. The van der Waals surface area contributed by atoms with E-state index in [2.05, 4.69) is 50.6 Å². The Morgan fingerprint density at radius 3 is 2.81 bits per heavy atom. The molecule has 2 saturated heterocycles. The summed E-state index contributed by atoms with van der Waals surface area (Å²) >= 11 is 6.53. The third kappa shape index (κ3) is 8.36. The van der Waals surface area contributed by atoms with Gasteiger partial charge in [0.1, 0.15) is 11.3 Å². The first-order chi connectivity index (χ1) is 27.5. The van der Waals surface area contributed by atoms with Crippen molar-refractivity contribution in [1.82, 2.24) is 19.5 Å². The van der Waals surface area contributed by atoms with Crippen molar-refractivity contribution in [3.63, 3.8) is 0 Å². The van der Waals surface area contributed by atoms with Crippen molar-refractivity contribution in [3.05, 3.63) is 64.3 Å². The molecular formula is C43H60ClN5O7S. The molecule has 6 aliphatic rings. The summed E-state index contributed by atoms with van der Waals surface area (Å²) < 4.78 is 55.6. The van der Waals surface area contributed by atoms with Gasteiger partial charge >= 0.3 is 0 Å². The lowest BCUT2D eigenvalue weighted by Gasteiger charge is -2.53. The number of anilines is 1. The summed E-state index contributed by atoms with van der Waals surface area (Å²) in [5, 5.41) is -0.133. The molecule has 1 N–H and O–H groups in total. The standard InChI is InChI=1S/C43H60ClN5O7S/c1-4-56-43(28-47-18-19-48-20-22-54-26-34(48)25-47)17-5-7-30(2)39(15-21-53-3)57(51,52)46-41(50)37-13-14-38-40(45-37)49(24-32-9-11-36(32)43)27-42(29-55-38)16-6-8-31-23-33(44)10-12-35(31)42/h5,10,12-14,17,23,30,32,34,36,39H,4,6-9,11,15-16,18-22,24-29H2,1-3H3,(H,46,50)/b17-5+/t30-,32-,34-,36+,39+,42-,43+/m0/s1. The van der Waals surface area contributed by atoms with Gasteiger partial charge in [0.25, 0.3) is 5.91 Å². The van der Waals surface area contributed by atoms with Crippen LogP contribution in [0.4, 0.5) is 5.82 Å². The van der Waals surface area contributed by atoms with Crippen LogP contribution >= 0.6 is 11.6 Å². The molecule has 1 saturated carbocycles. The molecular weight excluding hydrogens is 766 g/mol. The number of piperazine rings is 1. The monoisotopic (exact) mass is 825 g/mol. The lowest BCUT2D eigenvalue weighted by molar-refractivity contribution is -0.121. The second-order valence-corrected chi connectivity index (χ2v) is 19.7. The molecule has 0 unspecified atom stereocenters. The molecule has 312 valence electrons. The number of sulfonamides is 1. The van der Waals surface area contributed by atoms with Crippen molar-refractivity contribution >= 4 is 33.3 Å². The summed E-state index contributed by atoms with van der Waals surface area (Å²) in [6.07, 6.45) is 10.1. The molecule has 1 amide bonds. The van der Waals surface area contributed by atoms with Crippen LogP contribution in [0.2, 0.25) is 5.02 Å². The Kier molecular flexibility index (Phi) is 12.3. The SMILES string of the molecule is CCO[C@@]1(CN2CCN3CCOC[C@@H]3C2)/C=C/C[C@H](C)[C@@H](CCOC)S(=O)(=O)NC(=O)c2ccc3c(n2)N(C[C@@H]2CC[C@H]21)C[C@@]1(CCCc2cc(Cl)ccc21)CO3. The van der Waals surface area contributed by atoms with Crippen LogP contribution in [0.5, 0.6) is 5.75 Å². The maximum Gasteiger partial charge on any atom is 0.283 e. The molecule has 12 nitrogen and oxygen atoms in total. The van der Waals surface area contributed by atoms with Gasteiger partial charge in [-0.1, -0.05) is 36.7 Å². The average Bonchev–Trinajstić information content (AvgIpc) is 3.32. The van der Waals surface area contributed by atoms with Crippen LogP contribution in [0.3, 0.4) is 0 Å². The zero-order chi connectivity index (χ0) is 39.8. The fraction of sp³-hybridized carbons (Fsp3) is 0.674. The van der Waals surface area contributed by atoms with Gasteiger partial charge in [-0.2, -0.15) is 0 Å². The number of allylic oxidation sites excluding steroid dienone is 1. The summed E-state index contributed by atoms with van der Waals surface area (Å²) in [5.74, 6) is 0.606. The Labute approximate surface area is 343 Å². The number of rotatable bonds is 7. The second kappa shape index (κ2) is 17.1. The highest BCUT2D eigenvalue weighted by molar-refractivity contribution is 7.90. The smallest absolute Gasteiger partial charge is 0.283 e. The maximum atomic E-state index is 14.1. The largest absolute Gasteiger partial charge is 0.489 e. The molecule has 5 heterocycles. The van der Waals surface area contributed by atoms with E-state index in [1.165, 1.54) is 11.1 Å². The fourth-order valence-electron chi connectivity index (χ4n) is 10.8. The highest BCUT2D eigenvalue weighted by Crippen LogP contribution is 2.49. The Morgan fingerprint density at radius 1 is 1.12 bits per heavy atom. The number of nitrogens with zero attached hydrogens (tertiary/aromatic N) is 4. The van der Waals surface area contributed by atoms with E-state index in [1.807, 2.05) is 13.0 Å². The zero-order valence-electron chi connectivity index (χ0n) is 33.8. The van der Waals surface area contributed by atoms with Crippen molar-refractivity contribution in [3.8, 4) is 5.75 Å². The number of hydrogen-bond donors (Lipinski definition) is 1. The topological polar surface area (TPSA) is 123 Å². The highest BCUT2D eigenvalue weighted by Gasteiger charge is 2.51. The first-order valence-corrected chi connectivity index (χ1v) is 23.0. The van der Waals surface area contributed by atoms with Crippen LogP contribution in [0.25, 0.3) is 0 Å². The number of aromatic nitrogens is 1. The third-order valence-electron chi connectivity index (χ3n) is 13.8. The van der Waals surface area contributed by atoms with E-state index < -0.39 is 26.8 Å². The maximum absolute atomic E-state index is 14.1. The summed E-state index contributed by atoms with van der Waals surface area (Å²) in [4.78, 5) is 26.3. The molecule has 14 heteroatoms. The van der Waals surface area contributed by atoms with Gasteiger partial charge in [-0.15, -0.1) is 0 Å². The van der Waals surface area contributed by atoms with Crippen LogP contribution in [0, 0.1) is 17.8 Å². The number of ether oxygens (including phenoxy) is 4. The normalized spacial score (nSPS) is 33.8. The van der Waals surface area contributed by atoms with Crippen LogP contribution < -0.4 is 14.4 Å². The van der Waals surface area contributed by atoms with Gasteiger partial charge in [-0.3, -0.25) is 14.6 Å². The Hall–Kier alpha value is -2.78. The van der Waals surface area contributed by atoms with Crippen LogP contribution in [0.1, 0.15) is 74.0 Å². The van der Waals surface area contributed by atoms with E-state index in [4.69, 9.17) is 35.5 Å². The number of aryl methyl sites for hydroxylation is 1. The summed E-state index contributed by atoms with van der Waals surface area (Å²) in [7, 11) is -2.55. The number of pyridine rings is 1. The van der Waals surface area contributed by atoms with E-state index in [-0.39, 0.29) is 41.9 Å². The molecule has 0 radical (unpaired) electrons. The predicted molar refractivity (Wildman–Crippen MR) is 221 cm³/mol. The third-order valence-corrected chi connectivity index (χ3v) is 16.0. The summed E-state index contributed by atoms with van der Waals surface area (Å²) in [6, 6.07) is 9.97. The van der Waals surface area contributed by atoms with Crippen molar-refractivity contribution in [2.24, 2.45) is 17.8 Å². The molecule has 7 atom stereocenters. The summed E-state index contributed by atoms with van der Waals surface area (Å²) in [5.41, 5.74) is 1.63. The fourth-order valence-corrected chi connectivity index (χ4v) is 12.6. The van der Waals surface area contributed by atoms with E-state index in [1.54, 1.807) is 19.2 Å². The number of nitrogens with one attached hydrogen (secondary N) is 1. The van der Waals surface area contributed by atoms with Crippen LogP contribution in [-0.4, -0.2) is 132 Å². The number of amides is 1. The minimum absolute atomic E-state index is 0.0440. The lowest BCUT2D eigenvalue weighted by Crippen LogP contribution is -2.62. The van der Waals surface area contributed by atoms with E-state index in [9.17, 15) is 13.2 Å². The molecule has 1 aromatic heterocycles. The van der Waals surface area contributed by atoms with E-state index >= 15 is 0 Å². The predicted octanol–water partition coefficient (Wildman–Crippen LogP) is 5.09. The van der Waals surface area contributed by atoms with Crippen molar-refractivity contribution in [2.45, 2.75) is 81.1 Å². The quantitative estimate of drug-likeness (QED) is 0.376. The van der Waals surface area contributed by atoms with Gasteiger partial charge < -0.3 is 23.8 Å². The number of carbonyl (C=O) groups excluding carboxylic acids is 1. The van der Waals surface area contributed by atoms with Crippen LogP contribution in [0.15, 0.2) is 42.5 Å². The number of hydrogen-bond acceptors (Lipinski definition) is 11. The summed E-state index contributed by atoms with van der Waals surface area (Å²) in [6.45, 7) is 12.8. The highest BCUT2D eigenvalue weighted by atomic mass is 35.5. The number of fused-ring (bicyclic) bond motifs is 5. The van der Waals surface area contributed by atoms with Gasteiger partial charge in [-0.25, -0.2) is 18.1 Å². The Bertz CT molecular complexity index is 1920. The minimum Gasteiger partial charge on any atom is -0.489 e. The second-order valence-electron chi connectivity index (χ2n) is 17.4. The molecule has 1 aromatic carbocycles. The molecule has 8 rings (SSSR count). The Balaban J connectivity index is 1.21. The van der Waals surface area contributed by atoms with E-state index in [0.29, 0.717) is 50.3 Å². The van der Waals surface area contributed by atoms with Gasteiger partial charge in [0.15, 0.2) is 11.6 Å². The van der Waals surface area contributed by atoms with Gasteiger partial charge in [0.2, 0.25) is 10.0 Å². The van der Waals surface area contributed by atoms with Gasteiger partial charge in [0.05, 0.1) is 25.1 Å². The first-order valence-electron chi connectivity index (χ1n) is 21.1. The average molecular weight is 827 g/mol. The van der Waals surface area contributed by atoms with Gasteiger partial charge in [0, 0.05) is 82.6 Å². The zero-order valence-corrected chi connectivity index (χ0v) is 35.4. The van der Waals surface area contributed by atoms with E-state index in [0.717, 1.165) is 83.1 Å². The molecule has 1 spiro atoms. The van der Waals surface area contributed by atoms with Crippen LogP contribution in [-0.2, 0) is 36.1 Å². The number of benzene rings is 1. The number of carbonyl (C=O) groups is 1. The van der Waals surface area contributed by atoms with Gasteiger partial charge in [-0.05, 0) is 105 Å².